The Morgan fingerprint density at radius 3 is 2.37 bits per heavy atom. The molecule has 0 spiro atoms. The van der Waals surface area contributed by atoms with Gasteiger partial charge in [0.05, 0.1) is 11.0 Å². The smallest absolute Gasteiger partial charge is 0.387 e. The predicted octanol–water partition coefficient (Wildman–Crippen LogP) is 0.656. The highest BCUT2D eigenvalue weighted by atomic mass is 32.2. The number of alkyl halides is 2. The van der Waals surface area contributed by atoms with Crippen molar-refractivity contribution in [2.75, 3.05) is 0 Å². The molecule has 0 aliphatic carbocycles. The van der Waals surface area contributed by atoms with E-state index < -0.39 is 43.5 Å². The van der Waals surface area contributed by atoms with Gasteiger partial charge in [-0.05, 0) is 0 Å². The van der Waals surface area contributed by atoms with E-state index in [0.717, 1.165) is 0 Å². The Balaban J connectivity index is 3.67. The molecule has 0 aromatic heterocycles. The van der Waals surface area contributed by atoms with E-state index >= 15 is 0 Å². The standard InChI is InChI=1S/C8H6F2N2O6S/c9-8(10)18-6-2-5(12(14)15)1-4(3-13)7(6)19(11,16)17/h1-3,8H,(H2,11,16,17). The van der Waals surface area contributed by atoms with Gasteiger partial charge in [-0.3, -0.25) is 14.9 Å². The van der Waals surface area contributed by atoms with Crippen molar-refractivity contribution in [2.45, 2.75) is 11.5 Å². The van der Waals surface area contributed by atoms with Gasteiger partial charge in [0.25, 0.3) is 5.69 Å². The number of nitrogens with zero attached hydrogens (tertiary/aromatic N) is 1. The Morgan fingerprint density at radius 2 is 2.00 bits per heavy atom. The summed E-state index contributed by atoms with van der Waals surface area (Å²) in [5.41, 5.74) is -1.53. The molecular formula is C8H6F2N2O6S. The van der Waals surface area contributed by atoms with E-state index in [1.807, 2.05) is 0 Å². The molecule has 0 atom stereocenters. The lowest BCUT2D eigenvalue weighted by Gasteiger charge is -2.10. The third kappa shape index (κ3) is 3.42. The third-order valence-corrected chi connectivity index (χ3v) is 2.91. The maximum atomic E-state index is 12.1. The Labute approximate surface area is 105 Å². The van der Waals surface area contributed by atoms with Crippen LogP contribution < -0.4 is 9.88 Å². The van der Waals surface area contributed by atoms with Crippen LogP contribution in [0.1, 0.15) is 10.4 Å². The summed E-state index contributed by atoms with van der Waals surface area (Å²) in [5, 5.41) is 15.3. The molecule has 0 unspecified atom stereocenters. The maximum Gasteiger partial charge on any atom is 0.387 e. The molecule has 0 radical (unpaired) electrons. The summed E-state index contributed by atoms with van der Waals surface area (Å²) in [6.45, 7) is -3.44. The molecule has 0 amide bonds. The van der Waals surface area contributed by atoms with Gasteiger partial charge in [0.15, 0.2) is 12.0 Å². The molecule has 2 N–H and O–H groups in total. The van der Waals surface area contributed by atoms with Crippen LogP contribution >= 0.6 is 0 Å². The lowest BCUT2D eigenvalue weighted by atomic mass is 10.2. The van der Waals surface area contributed by atoms with Gasteiger partial charge in [-0.2, -0.15) is 8.78 Å². The van der Waals surface area contributed by atoms with Crippen molar-refractivity contribution in [3.05, 3.63) is 27.8 Å². The summed E-state index contributed by atoms with van der Waals surface area (Å²) >= 11 is 0. The second-order valence-corrected chi connectivity index (χ2v) is 4.66. The molecule has 0 saturated carbocycles. The number of carbonyl (C=O) groups excluding carboxylic acids is 1. The normalized spacial score (nSPS) is 11.4. The zero-order valence-electron chi connectivity index (χ0n) is 8.95. The van der Waals surface area contributed by atoms with Crippen molar-refractivity contribution >= 4 is 22.0 Å². The van der Waals surface area contributed by atoms with Crippen molar-refractivity contribution in [3.8, 4) is 5.75 Å². The van der Waals surface area contributed by atoms with Crippen molar-refractivity contribution in [1.29, 1.82) is 0 Å². The molecule has 0 saturated heterocycles. The lowest BCUT2D eigenvalue weighted by molar-refractivity contribution is -0.385. The van der Waals surface area contributed by atoms with Gasteiger partial charge in [-0.25, -0.2) is 13.6 Å². The molecule has 0 bridgehead atoms. The summed E-state index contributed by atoms with van der Waals surface area (Å²) in [5.74, 6) is -1.06. The van der Waals surface area contributed by atoms with Gasteiger partial charge >= 0.3 is 6.61 Å². The van der Waals surface area contributed by atoms with E-state index in [1.165, 1.54) is 0 Å². The monoisotopic (exact) mass is 296 g/mol. The van der Waals surface area contributed by atoms with Crippen LogP contribution in [-0.4, -0.2) is 26.2 Å². The first-order valence-electron chi connectivity index (χ1n) is 4.42. The number of nitro benzene ring substituents is 1. The molecule has 0 aliphatic rings. The average Bonchev–Trinajstić information content (AvgIpc) is 2.25. The number of benzene rings is 1. The topological polar surface area (TPSA) is 130 Å². The van der Waals surface area contributed by atoms with E-state index in [4.69, 9.17) is 5.14 Å². The van der Waals surface area contributed by atoms with Gasteiger partial charge in [-0.1, -0.05) is 0 Å². The second kappa shape index (κ2) is 5.24. The van der Waals surface area contributed by atoms with Crippen molar-refractivity contribution in [3.63, 3.8) is 0 Å². The highest BCUT2D eigenvalue weighted by Crippen LogP contribution is 2.32. The summed E-state index contributed by atoms with van der Waals surface area (Å²) in [6, 6.07) is 1.03. The SMILES string of the molecule is NS(=O)(=O)c1c(C=O)cc([N+](=O)[O-])cc1OC(F)F. The molecule has 8 nitrogen and oxygen atoms in total. The largest absolute Gasteiger partial charge is 0.433 e. The number of carbonyl (C=O) groups is 1. The summed E-state index contributed by atoms with van der Waals surface area (Å²) in [6.07, 6.45) is -0.0644. The number of nitro groups is 1. The fourth-order valence-electron chi connectivity index (χ4n) is 1.29. The summed E-state index contributed by atoms with van der Waals surface area (Å²) in [7, 11) is -4.58. The van der Waals surface area contributed by atoms with Gasteiger partial charge < -0.3 is 4.74 Å². The molecule has 0 fully saturated rings. The Hall–Kier alpha value is -2.14. The summed E-state index contributed by atoms with van der Waals surface area (Å²) in [4.78, 5) is 19.2. The number of hydrogen-bond donors (Lipinski definition) is 1. The molecular weight excluding hydrogens is 290 g/mol. The number of hydrogen-bond acceptors (Lipinski definition) is 6. The fourth-order valence-corrected chi connectivity index (χ4v) is 2.11. The minimum absolute atomic E-state index is 0.0644. The van der Waals surface area contributed by atoms with Crippen LogP contribution in [0.25, 0.3) is 0 Å². The molecule has 0 aliphatic heterocycles. The molecule has 1 rings (SSSR count). The van der Waals surface area contributed by atoms with Crippen molar-refractivity contribution < 1.29 is 31.7 Å². The number of primary sulfonamides is 1. The Morgan fingerprint density at radius 1 is 1.42 bits per heavy atom. The van der Waals surface area contributed by atoms with Crippen molar-refractivity contribution in [1.82, 2.24) is 0 Å². The van der Waals surface area contributed by atoms with E-state index in [9.17, 15) is 32.1 Å². The first kappa shape index (κ1) is 14.9. The van der Waals surface area contributed by atoms with Gasteiger partial charge in [0.1, 0.15) is 4.90 Å². The van der Waals surface area contributed by atoms with E-state index in [2.05, 4.69) is 4.74 Å². The number of nitrogens with two attached hydrogens (primary N) is 1. The minimum atomic E-state index is -4.58. The van der Waals surface area contributed by atoms with E-state index in [-0.39, 0.29) is 6.29 Å². The highest BCUT2D eigenvalue weighted by Gasteiger charge is 2.26. The maximum absolute atomic E-state index is 12.1. The van der Waals surface area contributed by atoms with Crippen LogP contribution in [0.2, 0.25) is 0 Å². The number of rotatable bonds is 5. The van der Waals surface area contributed by atoms with Crippen LogP contribution in [0.5, 0.6) is 5.75 Å². The zero-order chi connectivity index (χ0) is 14.8. The van der Waals surface area contributed by atoms with E-state index in [0.29, 0.717) is 12.1 Å². The molecule has 1 aromatic carbocycles. The molecule has 1 aromatic rings. The quantitative estimate of drug-likeness (QED) is 0.482. The highest BCUT2D eigenvalue weighted by molar-refractivity contribution is 7.89. The molecule has 11 heteroatoms. The third-order valence-electron chi connectivity index (χ3n) is 1.91. The lowest BCUT2D eigenvalue weighted by Crippen LogP contribution is -2.17. The fraction of sp³-hybridized carbons (Fsp3) is 0.125. The molecule has 0 heterocycles. The van der Waals surface area contributed by atoms with Crippen molar-refractivity contribution in [2.24, 2.45) is 5.14 Å². The Kier molecular flexibility index (Phi) is 4.11. The van der Waals surface area contributed by atoms with Crippen LogP contribution in [0, 0.1) is 10.1 Å². The summed E-state index contributed by atoms with van der Waals surface area (Å²) < 4.78 is 50.6. The van der Waals surface area contributed by atoms with Crippen LogP contribution in [0.4, 0.5) is 14.5 Å². The van der Waals surface area contributed by atoms with Gasteiger partial charge in [0.2, 0.25) is 10.0 Å². The number of halogens is 2. The average molecular weight is 296 g/mol. The molecule has 104 valence electrons. The first-order valence-corrected chi connectivity index (χ1v) is 5.96. The van der Waals surface area contributed by atoms with Crippen LogP contribution in [-0.2, 0) is 10.0 Å². The number of sulfonamides is 1. The van der Waals surface area contributed by atoms with Crippen LogP contribution in [0.15, 0.2) is 17.0 Å². The van der Waals surface area contributed by atoms with E-state index in [1.54, 1.807) is 0 Å². The van der Waals surface area contributed by atoms with Gasteiger partial charge in [0, 0.05) is 11.6 Å². The Bertz CT molecular complexity index is 630. The van der Waals surface area contributed by atoms with Crippen LogP contribution in [0.3, 0.4) is 0 Å². The predicted molar refractivity (Wildman–Crippen MR) is 56.5 cm³/mol. The number of aldehydes is 1. The zero-order valence-corrected chi connectivity index (χ0v) is 9.76. The molecule has 19 heavy (non-hydrogen) atoms. The second-order valence-electron chi connectivity index (χ2n) is 3.16. The minimum Gasteiger partial charge on any atom is -0.433 e. The number of non-ortho nitro benzene ring substituents is 1. The first-order chi connectivity index (χ1) is 8.66. The number of ether oxygens (including phenoxy) is 1. The van der Waals surface area contributed by atoms with Gasteiger partial charge in [-0.15, -0.1) is 0 Å².